The molecule has 2 heterocycles. The molecular weight excluding hydrogens is 454 g/mol. The smallest absolute Gasteiger partial charge is 1.00 e. The van der Waals surface area contributed by atoms with E-state index in [1.807, 2.05) is 23.5 Å². The molecule has 0 fully saturated rings. The van der Waals surface area contributed by atoms with Crippen LogP contribution in [0.4, 0.5) is 0 Å². The van der Waals surface area contributed by atoms with Crippen molar-refractivity contribution in [1.82, 2.24) is 0 Å². The van der Waals surface area contributed by atoms with Gasteiger partial charge >= 0.3 is 26.2 Å². The molecule has 0 aromatic carbocycles. The van der Waals surface area contributed by atoms with Crippen molar-refractivity contribution < 1.29 is 51.0 Å². The number of thioether (sulfide) groups is 2. The average Bonchev–Trinajstić information content (AvgIpc) is 3.07. The van der Waals surface area contributed by atoms with Crippen LogP contribution in [0.1, 0.15) is 27.7 Å². The van der Waals surface area contributed by atoms with Crippen LogP contribution in [-0.4, -0.2) is 0 Å². The molecule has 4 aliphatic rings. The van der Waals surface area contributed by atoms with E-state index < -0.39 is 0 Å². The molecule has 2 aliphatic carbocycles. The normalized spacial score (nSPS) is 26.5. The standard InChI is InChI=1S/C19H20S2.2ClH.Zr/c1-11-17(13-7-5-9-15(13)20-11)19(3,4)18-12(2)21-16-10-6-8-14(16)18;;;/h5-10,13-14H,1-4H3;2*1H;/q;;;+2/p-2. The Morgan fingerprint density at radius 3 is 1.54 bits per heavy atom. The second kappa shape index (κ2) is 8.09. The van der Waals surface area contributed by atoms with Crippen LogP contribution in [0.3, 0.4) is 0 Å². The van der Waals surface area contributed by atoms with E-state index in [0.717, 1.165) is 0 Å². The maximum atomic E-state index is 2.43. The van der Waals surface area contributed by atoms with Gasteiger partial charge in [-0.3, -0.25) is 0 Å². The third kappa shape index (κ3) is 3.29. The predicted molar refractivity (Wildman–Crippen MR) is 95.8 cm³/mol. The summed E-state index contributed by atoms with van der Waals surface area (Å²) in [6, 6.07) is 0. The summed E-state index contributed by atoms with van der Waals surface area (Å²) in [7, 11) is 0. The SMILES string of the molecule is CC1=C(C(C)(C)C2=C(C)SC3=CC=CC32)C2C=CC=C2S1.[Cl-].[Cl-].[Zr+2]. The minimum absolute atomic E-state index is 0. The van der Waals surface area contributed by atoms with Crippen molar-refractivity contribution in [3.8, 4) is 0 Å². The number of allylic oxidation sites excluding steroid dienone is 12. The van der Waals surface area contributed by atoms with Gasteiger partial charge in [-0.05, 0) is 34.8 Å². The number of halogens is 2. The molecular formula is C19H20Cl2S2Zr. The molecule has 0 saturated carbocycles. The largest absolute Gasteiger partial charge is 2.00 e. The van der Waals surface area contributed by atoms with Crippen LogP contribution < -0.4 is 24.8 Å². The van der Waals surface area contributed by atoms with Crippen LogP contribution in [0.2, 0.25) is 0 Å². The molecule has 5 heteroatoms. The molecule has 0 nitrogen and oxygen atoms in total. The molecule has 0 amide bonds. The topological polar surface area (TPSA) is 0 Å². The second-order valence-corrected chi connectivity index (χ2v) is 9.21. The summed E-state index contributed by atoms with van der Waals surface area (Å²) in [4.78, 5) is 6.03. The van der Waals surface area contributed by atoms with Gasteiger partial charge in [-0.2, -0.15) is 0 Å². The Bertz CT molecular complexity index is 664. The van der Waals surface area contributed by atoms with E-state index in [1.165, 1.54) is 19.6 Å². The fourth-order valence-electron chi connectivity index (χ4n) is 4.30. The van der Waals surface area contributed by atoms with E-state index in [0.29, 0.717) is 11.8 Å². The first kappa shape index (κ1) is 22.6. The second-order valence-electron chi connectivity index (χ2n) is 6.63. The molecule has 2 atom stereocenters. The van der Waals surface area contributed by atoms with E-state index in [4.69, 9.17) is 0 Å². The van der Waals surface area contributed by atoms with Gasteiger partial charge in [0.25, 0.3) is 0 Å². The molecule has 0 N–H and O–H groups in total. The van der Waals surface area contributed by atoms with E-state index in [9.17, 15) is 0 Å². The molecule has 2 aliphatic heterocycles. The van der Waals surface area contributed by atoms with Crippen molar-refractivity contribution in [2.24, 2.45) is 17.3 Å². The molecule has 0 aromatic rings. The fraction of sp³-hybridized carbons (Fsp3) is 0.368. The van der Waals surface area contributed by atoms with Crippen molar-refractivity contribution in [2.75, 3.05) is 0 Å². The summed E-state index contributed by atoms with van der Waals surface area (Å²) >= 11 is 3.95. The first-order valence-electron chi connectivity index (χ1n) is 7.55. The van der Waals surface area contributed by atoms with Gasteiger partial charge in [-0.25, -0.2) is 0 Å². The van der Waals surface area contributed by atoms with Gasteiger partial charge in [0.1, 0.15) is 0 Å². The Morgan fingerprint density at radius 1 is 0.792 bits per heavy atom. The zero-order valence-electron chi connectivity index (χ0n) is 14.2. The molecule has 0 aromatic heterocycles. The van der Waals surface area contributed by atoms with E-state index in [2.05, 4.69) is 64.2 Å². The van der Waals surface area contributed by atoms with Crippen LogP contribution in [-0.2, 0) is 26.2 Å². The maximum Gasteiger partial charge on any atom is 2.00 e. The van der Waals surface area contributed by atoms with Gasteiger partial charge in [0.15, 0.2) is 0 Å². The van der Waals surface area contributed by atoms with Crippen molar-refractivity contribution in [3.05, 3.63) is 67.2 Å². The first-order valence-corrected chi connectivity index (χ1v) is 9.18. The van der Waals surface area contributed by atoms with Crippen molar-refractivity contribution in [2.45, 2.75) is 27.7 Å². The average molecular weight is 475 g/mol. The third-order valence-corrected chi connectivity index (χ3v) is 7.31. The maximum absolute atomic E-state index is 2.43. The van der Waals surface area contributed by atoms with Crippen LogP contribution >= 0.6 is 23.5 Å². The van der Waals surface area contributed by atoms with Crippen molar-refractivity contribution >= 4 is 23.5 Å². The van der Waals surface area contributed by atoms with E-state index in [1.54, 1.807) is 11.1 Å². The van der Waals surface area contributed by atoms with E-state index >= 15 is 0 Å². The molecule has 0 radical (unpaired) electrons. The van der Waals surface area contributed by atoms with Crippen LogP contribution in [0.15, 0.2) is 67.2 Å². The number of fused-ring (bicyclic) bond motifs is 2. The molecule has 2 unspecified atom stereocenters. The summed E-state index contributed by atoms with van der Waals surface area (Å²) in [5.41, 5.74) is 3.35. The summed E-state index contributed by atoms with van der Waals surface area (Å²) in [5.74, 6) is 1.04. The fourth-order valence-corrected chi connectivity index (χ4v) is 6.93. The molecule has 4 rings (SSSR count). The predicted octanol–water partition coefficient (Wildman–Crippen LogP) is 0.200. The van der Waals surface area contributed by atoms with Crippen LogP contribution in [0.5, 0.6) is 0 Å². The van der Waals surface area contributed by atoms with Crippen LogP contribution in [0.25, 0.3) is 0 Å². The van der Waals surface area contributed by atoms with Gasteiger partial charge in [0.2, 0.25) is 0 Å². The zero-order valence-corrected chi connectivity index (χ0v) is 19.8. The molecule has 0 saturated heterocycles. The van der Waals surface area contributed by atoms with Gasteiger partial charge in [-0.15, -0.1) is 0 Å². The number of hydrogen-bond acceptors (Lipinski definition) is 2. The zero-order chi connectivity index (χ0) is 14.8. The van der Waals surface area contributed by atoms with Gasteiger partial charge in [-0.1, -0.05) is 73.8 Å². The van der Waals surface area contributed by atoms with Crippen molar-refractivity contribution in [1.29, 1.82) is 0 Å². The quantitative estimate of drug-likeness (QED) is 0.561. The van der Waals surface area contributed by atoms with E-state index in [-0.39, 0.29) is 56.4 Å². The molecule has 126 valence electrons. The van der Waals surface area contributed by atoms with Gasteiger partial charge in [0, 0.05) is 27.1 Å². The Balaban J connectivity index is 0.000000960. The van der Waals surface area contributed by atoms with Gasteiger partial charge < -0.3 is 24.8 Å². The van der Waals surface area contributed by atoms with Crippen molar-refractivity contribution in [3.63, 3.8) is 0 Å². The summed E-state index contributed by atoms with van der Waals surface area (Å²) < 4.78 is 0. The molecule has 0 bridgehead atoms. The summed E-state index contributed by atoms with van der Waals surface area (Å²) in [6.07, 6.45) is 13.8. The summed E-state index contributed by atoms with van der Waals surface area (Å²) in [5, 5.41) is 0. The number of hydrogen-bond donors (Lipinski definition) is 0. The Labute approximate surface area is 185 Å². The summed E-state index contributed by atoms with van der Waals surface area (Å²) in [6.45, 7) is 9.45. The van der Waals surface area contributed by atoms with Gasteiger partial charge in [0.05, 0.1) is 0 Å². The molecule has 0 spiro atoms. The Hall–Kier alpha value is 0.603. The minimum atomic E-state index is 0. The Morgan fingerprint density at radius 2 is 1.17 bits per heavy atom. The minimum Gasteiger partial charge on any atom is -1.00 e. The third-order valence-electron chi connectivity index (χ3n) is 5.01. The molecule has 24 heavy (non-hydrogen) atoms. The van der Waals surface area contributed by atoms with Crippen LogP contribution in [0, 0.1) is 17.3 Å². The monoisotopic (exact) mass is 472 g/mol. The number of rotatable bonds is 2. The Kier molecular flexibility index (Phi) is 7.63. The first-order chi connectivity index (χ1) is 10.00.